The summed E-state index contributed by atoms with van der Waals surface area (Å²) < 4.78 is 4.46. The molecule has 0 unspecified atom stereocenters. The van der Waals surface area contributed by atoms with Gasteiger partial charge in [-0.1, -0.05) is 0 Å². The monoisotopic (exact) mass is 145 g/mol. The van der Waals surface area contributed by atoms with Crippen molar-refractivity contribution in [3.63, 3.8) is 0 Å². The highest BCUT2D eigenvalue weighted by Crippen LogP contribution is 2.15. The Balaban J connectivity index is 2.43. The van der Waals surface area contributed by atoms with E-state index in [1.807, 2.05) is 5.41 Å². The Hall–Kier alpha value is -0.640. The molecule has 1 aliphatic rings. The van der Waals surface area contributed by atoms with Crippen molar-refractivity contribution in [2.45, 2.75) is 0 Å². The van der Waals surface area contributed by atoms with Gasteiger partial charge in [0.15, 0.2) is 0 Å². The normalized spacial score (nSPS) is 16.3. The third kappa shape index (κ3) is 1.38. The number of hydrogen-bond acceptors (Lipinski definition) is 3. The quantitative estimate of drug-likeness (QED) is 0.513. The molecule has 0 aromatic carbocycles. The average Bonchev–Trinajstić information content (AvgIpc) is 2.37. The highest BCUT2D eigenvalue weighted by atomic mass is 32.2. The van der Waals surface area contributed by atoms with Gasteiger partial charge in [0.1, 0.15) is 0 Å². The summed E-state index contributed by atoms with van der Waals surface area (Å²) in [6.45, 7) is 0. The van der Waals surface area contributed by atoms with E-state index in [0.29, 0.717) is 5.88 Å². The van der Waals surface area contributed by atoms with Crippen molar-refractivity contribution in [3.05, 3.63) is 11.6 Å². The molecule has 1 amide bonds. The fourth-order valence-electron chi connectivity index (χ4n) is 0.514. The van der Waals surface area contributed by atoms with E-state index in [2.05, 4.69) is 4.74 Å². The van der Waals surface area contributed by atoms with Crippen molar-refractivity contribution in [2.75, 3.05) is 13.0 Å². The van der Waals surface area contributed by atoms with E-state index in [-0.39, 0.29) is 6.09 Å². The van der Waals surface area contributed by atoms with Crippen LogP contribution in [0.25, 0.3) is 0 Å². The van der Waals surface area contributed by atoms with E-state index >= 15 is 0 Å². The zero-order valence-corrected chi connectivity index (χ0v) is 5.85. The summed E-state index contributed by atoms with van der Waals surface area (Å²) in [4.78, 5) is 12.2. The van der Waals surface area contributed by atoms with Gasteiger partial charge in [0.25, 0.3) is 0 Å². The molecule has 0 aliphatic carbocycles. The lowest BCUT2D eigenvalue weighted by molar-refractivity contribution is 0.146. The predicted octanol–water partition coefficient (Wildman–Crippen LogP) is 1.23. The summed E-state index contributed by atoms with van der Waals surface area (Å²) in [7, 11) is 1.37. The molecular formula is C5H7NO2S. The van der Waals surface area contributed by atoms with Crippen LogP contribution < -0.4 is 0 Å². The lowest BCUT2D eigenvalue weighted by atomic mass is 10.8. The van der Waals surface area contributed by atoms with E-state index in [4.69, 9.17) is 0 Å². The molecule has 0 spiro atoms. The minimum atomic E-state index is -0.295. The summed E-state index contributed by atoms with van der Waals surface area (Å²) >= 11 is 1.57. The zero-order chi connectivity index (χ0) is 6.69. The Morgan fingerprint density at radius 3 is 3.11 bits per heavy atom. The van der Waals surface area contributed by atoms with Crippen molar-refractivity contribution in [1.29, 1.82) is 0 Å². The largest absolute Gasteiger partial charge is 0.452 e. The number of methoxy groups -OCH3 is 1. The van der Waals surface area contributed by atoms with E-state index in [9.17, 15) is 4.79 Å². The second-order valence-corrected chi connectivity index (χ2v) is 2.38. The van der Waals surface area contributed by atoms with Crippen molar-refractivity contribution in [3.8, 4) is 0 Å². The van der Waals surface area contributed by atoms with Crippen molar-refractivity contribution >= 4 is 17.9 Å². The summed E-state index contributed by atoms with van der Waals surface area (Å²) in [6.07, 6.45) is 1.41. The van der Waals surface area contributed by atoms with Gasteiger partial charge in [-0.2, -0.15) is 0 Å². The van der Waals surface area contributed by atoms with Crippen LogP contribution in [0, 0.1) is 0 Å². The van der Waals surface area contributed by atoms with Crippen molar-refractivity contribution in [2.24, 2.45) is 0 Å². The highest BCUT2D eigenvalue weighted by molar-refractivity contribution is 8.02. The Morgan fingerprint density at radius 2 is 2.67 bits per heavy atom. The average molecular weight is 145 g/mol. The molecule has 0 aromatic heterocycles. The second-order valence-electron chi connectivity index (χ2n) is 1.52. The molecule has 50 valence electrons. The zero-order valence-electron chi connectivity index (χ0n) is 5.03. The van der Waals surface area contributed by atoms with Crippen molar-refractivity contribution in [1.82, 2.24) is 4.90 Å². The molecule has 0 saturated heterocycles. The van der Waals surface area contributed by atoms with Crippen LogP contribution in [0.1, 0.15) is 0 Å². The molecule has 9 heavy (non-hydrogen) atoms. The van der Waals surface area contributed by atoms with Gasteiger partial charge in [-0.25, -0.2) is 4.79 Å². The van der Waals surface area contributed by atoms with Gasteiger partial charge in [0, 0.05) is 6.20 Å². The number of carbonyl (C=O) groups is 1. The predicted molar refractivity (Wildman–Crippen MR) is 35.8 cm³/mol. The third-order valence-corrected chi connectivity index (χ3v) is 1.70. The molecule has 0 radical (unpaired) electrons. The molecule has 1 aliphatic heterocycles. The maximum atomic E-state index is 10.7. The summed E-state index contributed by atoms with van der Waals surface area (Å²) in [5.74, 6) is 0.673. The van der Waals surface area contributed by atoms with Gasteiger partial charge in [0.2, 0.25) is 0 Å². The Labute approximate surface area is 57.7 Å². The maximum Gasteiger partial charge on any atom is 0.414 e. The van der Waals surface area contributed by atoms with Crippen LogP contribution in [-0.2, 0) is 4.74 Å². The number of thioether (sulfide) groups is 1. The van der Waals surface area contributed by atoms with Crippen LogP contribution in [0.4, 0.5) is 4.79 Å². The highest BCUT2D eigenvalue weighted by Gasteiger charge is 2.12. The van der Waals surface area contributed by atoms with Gasteiger partial charge >= 0.3 is 6.09 Å². The SMILES string of the molecule is COC(=O)N1C=CSC1. The molecule has 0 fully saturated rings. The molecule has 4 heteroatoms. The summed E-state index contributed by atoms with van der Waals surface area (Å²) in [5, 5.41) is 1.86. The fraction of sp³-hybridized carbons (Fsp3) is 0.400. The van der Waals surface area contributed by atoms with Crippen LogP contribution in [0.5, 0.6) is 0 Å². The molecule has 0 bridgehead atoms. The van der Waals surface area contributed by atoms with Gasteiger partial charge in [-0.3, -0.25) is 4.90 Å². The van der Waals surface area contributed by atoms with Crippen LogP contribution in [0.2, 0.25) is 0 Å². The first kappa shape index (κ1) is 6.48. The number of ether oxygens (including phenoxy) is 1. The van der Waals surface area contributed by atoms with Crippen LogP contribution in [0.3, 0.4) is 0 Å². The van der Waals surface area contributed by atoms with E-state index in [1.54, 1.807) is 18.0 Å². The molecule has 0 saturated carbocycles. The summed E-state index contributed by atoms with van der Waals surface area (Å²) in [6, 6.07) is 0. The Kier molecular flexibility index (Phi) is 2.00. The molecule has 3 nitrogen and oxygen atoms in total. The maximum absolute atomic E-state index is 10.7. The number of nitrogens with zero attached hydrogens (tertiary/aromatic N) is 1. The number of rotatable bonds is 0. The summed E-state index contributed by atoms with van der Waals surface area (Å²) in [5.41, 5.74) is 0. The molecule has 0 aromatic rings. The third-order valence-electron chi connectivity index (χ3n) is 0.960. The first-order valence-corrected chi connectivity index (χ1v) is 3.52. The molecule has 0 atom stereocenters. The van der Waals surface area contributed by atoms with Crippen LogP contribution >= 0.6 is 11.8 Å². The van der Waals surface area contributed by atoms with Crippen LogP contribution in [-0.4, -0.2) is 24.0 Å². The van der Waals surface area contributed by atoms with Crippen LogP contribution in [0.15, 0.2) is 11.6 Å². The van der Waals surface area contributed by atoms with E-state index < -0.39 is 0 Å². The van der Waals surface area contributed by atoms with Gasteiger partial charge in [-0.15, -0.1) is 11.8 Å². The number of hydrogen-bond donors (Lipinski definition) is 0. The minimum Gasteiger partial charge on any atom is -0.452 e. The van der Waals surface area contributed by atoms with E-state index in [0.717, 1.165) is 0 Å². The standard InChI is InChI=1S/C5H7NO2S/c1-8-5(7)6-2-3-9-4-6/h2-3H,4H2,1H3. The Bertz CT molecular complexity index is 146. The van der Waals surface area contributed by atoms with Gasteiger partial charge in [0.05, 0.1) is 13.0 Å². The molecule has 0 N–H and O–H groups in total. The molecule has 1 heterocycles. The van der Waals surface area contributed by atoms with E-state index in [1.165, 1.54) is 12.0 Å². The first-order valence-electron chi connectivity index (χ1n) is 2.47. The molecular weight excluding hydrogens is 138 g/mol. The molecule has 1 rings (SSSR count). The Morgan fingerprint density at radius 1 is 1.89 bits per heavy atom. The smallest absolute Gasteiger partial charge is 0.414 e. The number of amides is 1. The first-order chi connectivity index (χ1) is 4.34. The van der Waals surface area contributed by atoms with Gasteiger partial charge < -0.3 is 4.74 Å². The second kappa shape index (κ2) is 2.77. The lowest BCUT2D eigenvalue weighted by Crippen LogP contribution is -2.22. The topological polar surface area (TPSA) is 29.5 Å². The minimum absolute atomic E-state index is 0.295. The van der Waals surface area contributed by atoms with Gasteiger partial charge in [-0.05, 0) is 5.41 Å². The lowest BCUT2D eigenvalue weighted by Gasteiger charge is -2.08. The van der Waals surface area contributed by atoms with Crippen molar-refractivity contribution < 1.29 is 9.53 Å². The number of carbonyl (C=O) groups excluding carboxylic acids is 1. The fourth-order valence-corrected chi connectivity index (χ4v) is 1.18.